The van der Waals surface area contributed by atoms with Gasteiger partial charge in [-0.1, -0.05) is 59.6 Å². The molecule has 0 N–H and O–H groups in total. The molecule has 166 valence electrons. The van der Waals surface area contributed by atoms with E-state index in [1.165, 1.54) is 29.8 Å². The van der Waals surface area contributed by atoms with Gasteiger partial charge in [-0.25, -0.2) is 9.18 Å². The average Bonchev–Trinajstić information content (AvgIpc) is 3.21. The molecule has 4 rings (SSSR count). The van der Waals surface area contributed by atoms with Gasteiger partial charge in [0.2, 0.25) is 0 Å². The van der Waals surface area contributed by atoms with Crippen LogP contribution in [-0.2, 0) is 6.54 Å². The number of ether oxygens (including phenoxy) is 1. The number of carbonyl (C=O) groups excluding carboxylic acids is 1. The lowest BCUT2D eigenvalue weighted by molar-refractivity contribution is 0.142. The zero-order chi connectivity index (χ0) is 22.7. The maximum absolute atomic E-state index is 13.2. The molecule has 1 saturated heterocycles. The van der Waals surface area contributed by atoms with Gasteiger partial charge in [0.15, 0.2) is 0 Å². The van der Waals surface area contributed by atoms with E-state index in [0.717, 1.165) is 18.7 Å². The minimum absolute atomic E-state index is 0.0271. The zero-order valence-corrected chi connectivity index (χ0v) is 19.1. The van der Waals surface area contributed by atoms with E-state index in [-0.39, 0.29) is 17.8 Å². The van der Waals surface area contributed by atoms with Crippen LogP contribution < -0.4 is 4.74 Å². The molecule has 1 fully saturated rings. The van der Waals surface area contributed by atoms with Crippen molar-refractivity contribution in [2.75, 3.05) is 20.1 Å². The maximum Gasteiger partial charge on any atom is 0.415 e. The fraction of sp³-hybridized carbons (Fsp3) is 0.240. The Balaban J connectivity index is 1.55. The molecule has 0 saturated carbocycles. The zero-order valence-electron chi connectivity index (χ0n) is 17.5. The Labute approximate surface area is 197 Å². The number of likely N-dealkylation sites (tertiary alicyclic amines) is 1. The Morgan fingerprint density at radius 3 is 2.44 bits per heavy atom. The number of likely N-dealkylation sites (N-methyl/N-ethyl adjacent to an activating group) is 1. The van der Waals surface area contributed by atoms with Crippen LogP contribution in [-0.4, -0.2) is 42.1 Å². The first-order valence-electron chi connectivity index (χ1n) is 10.3. The first-order chi connectivity index (χ1) is 15.4. The van der Waals surface area contributed by atoms with Crippen LogP contribution >= 0.6 is 23.2 Å². The number of halogens is 3. The third kappa shape index (κ3) is 5.23. The highest BCUT2D eigenvalue weighted by Gasteiger charge is 2.39. The Morgan fingerprint density at radius 1 is 1.03 bits per heavy atom. The molecular formula is C25H23Cl2FN2O2. The number of hydrogen-bond donors (Lipinski definition) is 0. The predicted octanol–water partition coefficient (Wildman–Crippen LogP) is 6.23. The Morgan fingerprint density at radius 2 is 1.75 bits per heavy atom. The van der Waals surface area contributed by atoms with E-state index < -0.39 is 6.09 Å². The van der Waals surface area contributed by atoms with Gasteiger partial charge >= 0.3 is 6.09 Å². The molecule has 0 unspecified atom stereocenters. The van der Waals surface area contributed by atoms with Crippen molar-refractivity contribution < 1.29 is 13.9 Å². The van der Waals surface area contributed by atoms with Crippen molar-refractivity contribution in [3.63, 3.8) is 0 Å². The van der Waals surface area contributed by atoms with Gasteiger partial charge in [0, 0.05) is 32.6 Å². The summed E-state index contributed by atoms with van der Waals surface area (Å²) in [7, 11) is 1.73. The summed E-state index contributed by atoms with van der Waals surface area (Å²) in [5, 5.41) is 0.983. The van der Waals surface area contributed by atoms with Gasteiger partial charge in [0.25, 0.3) is 0 Å². The topological polar surface area (TPSA) is 32.8 Å². The summed E-state index contributed by atoms with van der Waals surface area (Å²) in [6, 6.07) is 21.1. The smallest absolute Gasteiger partial charge is 0.410 e. The third-order valence-corrected chi connectivity index (χ3v) is 6.53. The first-order valence-corrected chi connectivity index (χ1v) is 11.1. The Kier molecular flexibility index (Phi) is 6.99. The molecule has 0 spiro atoms. The van der Waals surface area contributed by atoms with Crippen LogP contribution in [0, 0.1) is 5.82 Å². The minimum atomic E-state index is -0.492. The average molecular weight is 473 g/mol. The van der Waals surface area contributed by atoms with E-state index in [2.05, 4.69) is 17.0 Å². The van der Waals surface area contributed by atoms with Crippen molar-refractivity contribution in [1.29, 1.82) is 0 Å². The molecule has 0 radical (unpaired) electrons. The third-order valence-electron chi connectivity index (χ3n) is 5.79. The highest BCUT2D eigenvalue weighted by Crippen LogP contribution is 2.35. The lowest BCUT2D eigenvalue weighted by Crippen LogP contribution is -2.43. The van der Waals surface area contributed by atoms with Crippen molar-refractivity contribution in [3.8, 4) is 5.75 Å². The molecule has 0 aromatic heterocycles. The quantitative estimate of drug-likeness (QED) is 0.441. The van der Waals surface area contributed by atoms with Crippen LogP contribution in [0.25, 0.3) is 0 Å². The first kappa shape index (κ1) is 22.6. The summed E-state index contributed by atoms with van der Waals surface area (Å²) in [4.78, 5) is 16.8. The Hall–Kier alpha value is -2.60. The molecule has 1 heterocycles. The number of amides is 1. The van der Waals surface area contributed by atoms with Crippen LogP contribution in [0.15, 0.2) is 72.8 Å². The second-order valence-electron chi connectivity index (χ2n) is 7.96. The SMILES string of the molecule is CN(C(=O)Oc1ccc(F)cc1)[C@H]1CN(Cc2ccccc2)C[C@@H]1c1ccc(Cl)c(Cl)c1. The molecule has 3 aromatic rings. The summed E-state index contributed by atoms with van der Waals surface area (Å²) in [6.07, 6.45) is -0.492. The molecule has 4 nitrogen and oxygen atoms in total. The van der Waals surface area contributed by atoms with E-state index >= 15 is 0 Å². The summed E-state index contributed by atoms with van der Waals surface area (Å²) < 4.78 is 18.7. The van der Waals surface area contributed by atoms with Crippen molar-refractivity contribution in [3.05, 3.63) is 99.8 Å². The molecule has 32 heavy (non-hydrogen) atoms. The number of carbonyl (C=O) groups is 1. The largest absolute Gasteiger partial charge is 0.415 e. The molecule has 2 atom stereocenters. The van der Waals surface area contributed by atoms with Gasteiger partial charge in [0.05, 0.1) is 16.1 Å². The number of nitrogens with zero attached hydrogens (tertiary/aromatic N) is 2. The molecule has 1 amide bonds. The van der Waals surface area contributed by atoms with Gasteiger partial charge in [-0.05, 0) is 47.5 Å². The lowest BCUT2D eigenvalue weighted by atomic mass is 9.93. The molecule has 1 aliphatic heterocycles. The van der Waals surface area contributed by atoms with Crippen molar-refractivity contribution in [2.24, 2.45) is 0 Å². The van der Waals surface area contributed by atoms with Gasteiger partial charge in [-0.15, -0.1) is 0 Å². The van der Waals surface area contributed by atoms with E-state index in [1.54, 1.807) is 18.0 Å². The number of hydrogen-bond acceptors (Lipinski definition) is 3. The van der Waals surface area contributed by atoms with E-state index in [0.29, 0.717) is 22.3 Å². The van der Waals surface area contributed by atoms with Gasteiger partial charge in [-0.3, -0.25) is 4.90 Å². The fourth-order valence-corrected chi connectivity index (χ4v) is 4.42. The van der Waals surface area contributed by atoms with Gasteiger partial charge in [-0.2, -0.15) is 0 Å². The second-order valence-corrected chi connectivity index (χ2v) is 8.77. The van der Waals surface area contributed by atoms with E-state index in [4.69, 9.17) is 27.9 Å². The summed E-state index contributed by atoms with van der Waals surface area (Å²) in [6.45, 7) is 2.20. The highest BCUT2D eigenvalue weighted by atomic mass is 35.5. The normalized spacial score (nSPS) is 18.5. The van der Waals surface area contributed by atoms with Crippen molar-refractivity contribution in [2.45, 2.75) is 18.5 Å². The molecule has 1 aliphatic rings. The predicted molar refractivity (Wildman–Crippen MR) is 125 cm³/mol. The van der Waals surface area contributed by atoms with Crippen molar-refractivity contribution in [1.82, 2.24) is 9.80 Å². The monoisotopic (exact) mass is 472 g/mol. The van der Waals surface area contributed by atoms with Gasteiger partial charge in [0.1, 0.15) is 11.6 Å². The summed E-state index contributed by atoms with van der Waals surface area (Å²) in [5.74, 6) is -0.0575. The maximum atomic E-state index is 13.2. The lowest BCUT2D eigenvalue weighted by Gasteiger charge is -2.28. The molecule has 3 aromatic carbocycles. The standard InChI is InChI=1S/C25H23Cl2FN2O2/c1-29(25(31)32-20-10-8-19(28)9-11-20)24-16-30(14-17-5-3-2-4-6-17)15-21(24)18-7-12-22(26)23(27)13-18/h2-13,21,24H,14-16H2,1H3/t21-,24+/m1/s1. The van der Waals surface area contributed by atoms with Crippen LogP contribution in [0.1, 0.15) is 17.0 Å². The van der Waals surface area contributed by atoms with E-state index in [9.17, 15) is 9.18 Å². The molecular weight excluding hydrogens is 450 g/mol. The molecule has 7 heteroatoms. The van der Waals surface area contributed by atoms with Crippen LogP contribution in [0.2, 0.25) is 10.0 Å². The fourth-order valence-electron chi connectivity index (χ4n) is 4.11. The highest BCUT2D eigenvalue weighted by molar-refractivity contribution is 6.42. The number of benzene rings is 3. The van der Waals surface area contributed by atoms with Gasteiger partial charge < -0.3 is 9.64 Å². The minimum Gasteiger partial charge on any atom is -0.410 e. The summed E-state index contributed by atoms with van der Waals surface area (Å²) in [5.41, 5.74) is 2.22. The number of rotatable bonds is 5. The second kappa shape index (κ2) is 9.90. The molecule has 0 aliphatic carbocycles. The van der Waals surface area contributed by atoms with Crippen LogP contribution in [0.3, 0.4) is 0 Å². The Bertz CT molecular complexity index is 1080. The van der Waals surface area contributed by atoms with Crippen LogP contribution in [0.5, 0.6) is 5.75 Å². The van der Waals surface area contributed by atoms with Crippen LogP contribution in [0.4, 0.5) is 9.18 Å². The van der Waals surface area contributed by atoms with Crippen molar-refractivity contribution >= 4 is 29.3 Å². The van der Waals surface area contributed by atoms with E-state index in [1.807, 2.05) is 30.3 Å². The molecule has 0 bridgehead atoms. The summed E-state index contributed by atoms with van der Waals surface area (Å²) >= 11 is 12.4.